The van der Waals surface area contributed by atoms with Crippen LogP contribution in [-0.4, -0.2) is 56.5 Å². The number of thioether (sulfide) groups is 1. The van der Waals surface area contributed by atoms with Crippen molar-refractivity contribution >= 4 is 38.4 Å². The summed E-state index contributed by atoms with van der Waals surface area (Å²) in [6, 6.07) is 5.00. The first-order valence-electron chi connectivity index (χ1n) is 7.32. The van der Waals surface area contributed by atoms with Crippen LogP contribution in [0, 0.1) is 0 Å². The number of hydrogen-bond acceptors (Lipinski definition) is 6. The Balaban J connectivity index is 2.12. The molecule has 2 heterocycles. The third-order valence-electron chi connectivity index (χ3n) is 3.97. The summed E-state index contributed by atoms with van der Waals surface area (Å²) in [5.74, 6) is 0.969. The highest BCUT2D eigenvalue weighted by Crippen LogP contribution is 2.44. The van der Waals surface area contributed by atoms with Gasteiger partial charge in [-0.15, -0.1) is 0 Å². The molecule has 3 rings (SSSR count). The van der Waals surface area contributed by atoms with Gasteiger partial charge in [-0.3, -0.25) is 4.79 Å². The van der Waals surface area contributed by atoms with Crippen LogP contribution in [0.4, 0.5) is 5.69 Å². The van der Waals surface area contributed by atoms with Gasteiger partial charge in [0, 0.05) is 18.2 Å². The average molecular weight is 370 g/mol. The number of benzene rings is 1. The van der Waals surface area contributed by atoms with Gasteiger partial charge in [-0.2, -0.15) is 4.99 Å². The van der Waals surface area contributed by atoms with Gasteiger partial charge in [-0.05, 0) is 12.1 Å². The van der Waals surface area contributed by atoms with Crippen molar-refractivity contribution in [1.29, 1.82) is 0 Å². The molecule has 0 saturated carbocycles. The minimum Gasteiger partial charge on any atom is -0.497 e. The maximum absolute atomic E-state index is 12.0. The lowest BCUT2D eigenvalue weighted by Gasteiger charge is -2.26. The number of ether oxygens (including phenoxy) is 2. The number of carbonyl (C=O) groups excluding carboxylic acids is 1. The molecule has 2 fully saturated rings. The molecule has 0 radical (unpaired) electrons. The monoisotopic (exact) mass is 370 g/mol. The van der Waals surface area contributed by atoms with Crippen LogP contribution in [0.25, 0.3) is 0 Å². The van der Waals surface area contributed by atoms with E-state index in [1.165, 1.54) is 18.7 Å². The zero-order valence-electron chi connectivity index (χ0n) is 13.6. The standard InChI is InChI=1S/C15H18N2O5S2/c1-9(18)16-15-17(12-7-24(19,20)8-14(12)23-15)11-6-10(21-2)4-5-13(11)22-3/h4-6,12,14H,7-8H2,1-3H3/t12-,14-/m1/s1. The molecule has 1 aromatic carbocycles. The fourth-order valence-corrected chi connectivity index (χ4v) is 6.92. The van der Waals surface area contributed by atoms with Crippen molar-refractivity contribution in [3.8, 4) is 11.5 Å². The normalized spacial score (nSPS) is 26.5. The average Bonchev–Trinajstić information content (AvgIpc) is 2.96. The molecule has 0 aliphatic carbocycles. The third kappa shape index (κ3) is 3.10. The number of rotatable bonds is 3. The van der Waals surface area contributed by atoms with E-state index in [-0.39, 0.29) is 28.7 Å². The van der Waals surface area contributed by atoms with Crippen molar-refractivity contribution < 1.29 is 22.7 Å². The predicted octanol–water partition coefficient (Wildman–Crippen LogP) is 1.33. The fourth-order valence-electron chi connectivity index (χ4n) is 2.97. The molecule has 2 atom stereocenters. The van der Waals surface area contributed by atoms with E-state index in [2.05, 4.69) is 4.99 Å². The maximum Gasteiger partial charge on any atom is 0.244 e. The van der Waals surface area contributed by atoms with Gasteiger partial charge in [0.15, 0.2) is 15.0 Å². The lowest BCUT2D eigenvalue weighted by molar-refractivity contribution is -0.115. The number of sulfone groups is 1. The third-order valence-corrected chi connectivity index (χ3v) is 7.17. The number of fused-ring (bicyclic) bond motifs is 1. The van der Waals surface area contributed by atoms with E-state index >= 15 is 0 Å². The highest BCUT2D eigenvalue weighted by atomic mass is 32.2. The van der Waals surface area contributed by atoms with Crippen molar-refractivity contribution in [2.45, 2.75) is 18.2 Å². The first kappa shape index (κ1) is 17.1. The van der Waals surface area contributed by atoms with Gasteiger partial charge in [0.1, 0.15) is 11.5 Å². The van der Waals surface area contributed by atoms with Gasteiger partial charge in [-0.1, -0.05) is 11.8 Å². The van der Waals surface area contributed by atoms with E-state index < -0.39 is 9.84 Å². The van der Waals surface area contributed by atoms with E-state index in [9.17, 15) is 13.2 Å². The Morgan fingerprint density at radius 1 is 1.29 bits per heavy atom. The van der Waals surface area contributed by atoms with Crippen LogP contribution in [0.3, 0.4) is 0 Å². The second-order valence-electron chi connectivity index (χ2n) is 5.62. The van der Waals surface area contributed by atoms with Crippen molar-refractivity contribution in [2.75, 3.05) is 30.6 Å². The van der Waals surface area contributed by atoms with Gasteiger partial charge < -0.3 is 14.4 Å². The molecule has 0 bridgehead atoms. The van der Waals surface area contributed by atoms with E-state index in [1.807, 2.05) is 0 Å². The smallest absolute Gasteiger partial charge is 0.244 e. The lowest BCUT2D eigenvalue weighted by atomic mass is 10.2. The number of hydrogen-bond donors (Lipinski definition) is 0. The number of carbonyl (C=O) groups is 1. The largest absolute Gasteiger partial charge is 0.497 e. The van der Waals surface area contributed by atoms with Crippen LogP contribution in [0.2, 0.25) is 0 Å². The van der Waals surface area contributed by atoms with Gasteiger partial charge in [-0.25, -0.2) is 8.42 Å². The molecule has 7 nitrogen and oxygen atoms in total. The molecule has 0 unspecified atom stereocenters. The summed E-state index contributed by atoms with van der Waals surface area (Å²) in [6.45, 7) is 1.37. The zero-order chi connectivity index (χ0) is 17.5. The SMILES string of the molecule is COc1ccc(OC)c(N2C(=NC(C)=O)S[C@@H]3CS(=O)(=O)C[C@H]32)c1. The molecule has 0 N–H and O–H groups in total. The van der Waals surface area contributed by atoms with Crippen LogP contribution in [0.1, 0.15) is 6.92 Å². The summed E-state index contributed by atoms with van der Waals surface area (Å²) in [6.07, 6.45) is 0. The van der Waals surface area contributed by atoms with Crippen LogP contribution in [0.5, 0.6) is 11.5 Å². The molecular formula is C15H18N2O5S2. The Labute approximate surface area is 144 Å². The van der Waals surface area contributed by atoms with E-state index in [0.29, 0.717) is 22.4 Å². The number of amidine groups is 1. The molecule has 2 saturated heterocycles. The van der Waals surface area contributed by atoms with E-state index in [1.54, 1.807) is 37.3 Å². The highest BCUT2D eigenvalue weighted by molar-refractivity contribution is 8.16. The quantitative estimate of drug-likeness (QED) is 0.793. The molecule has 2 aliphatic rings. The number of amides is 1. The minimum absolute atomic E-state index is 0.0297. The molecule has 130 valence electrons. The number of methoxy groups -OCH3 is 2. The van der Waals surface area contributed by atoms with Gasteiger partial charge >= 0.3 is 0 Å². The Morgan fingerprint density at radius 2 is 2.04 bits per heavy atom. The second-order valence-corrected chi connectivity index (χ2v) is 8.98. The summed E-state index contributed by atoms with van der Waals surface area (Å²) in [5.41, 5.74) is 0.647. The van der Waals surface area contributed by atoms with Crippen molar-refractivity contribution in [3.05, 3.63) is 18.2 Å². The van der Waals surface area contributed by atoms with Gasteiger partial charge in [0.2, 0.25) is 5.91 Å². The first-order valence-corrected chi connectivity index (χ1v) is 10.0. The molecule has 1 amide bonds. The maximum atomic E-state index is 12.0. The number of nitrogens with zero attached hydrogens (tertiary/aromatic N) is 2. The predicted molar refractivity (Wildman–Crippen MR) is 94.0 cm³/mol. The lowest BCUT2D eigenvalue weighted by Crippen LogP contribution is -2.37. The molecule has 0 spiro atoms. The second kappa shape index (κ2) is 6.29. The van der Waals surface area contributed by atoms with Gasteiger partial charge in [0.05, 0.1) is 37.5 Å². The Morgan fingerprint density at radius 3 is 2.67 bits per heavy atom. The van der Waals surface area contributed by atoms with E-state index in [0.717, 1.165) is 0 Å². The molecule has 24 heavy (non-hydrogen) atoms. The first-order chi connectivity index (χ1) is 11.3. The molecular weight excluding hydrogens is 352 g/mol. The summed E-state index contributed by atoms with van der Waals surface area (Å²) in [4.78, 5) is 17.4. The fraction of sp³-hybridized carbons (Fsp3) is 0.467. The Bertz CT molecular complexity index is 806. The highest BCUT2D eigenvalue weighted by Gasteiger charge is 2.50. The molecule has 0 aromatic heterocycles. The summed E-state index contributed by atoms with van der Waals surface area (Å²) in [5, 5.41) is 0.350. The Kier molecular flexibility index (Phi) is 4.48. The molecule has 1 aromatic rings. The van der Waals surface area contributed by atoms with Gasteiger partial charge in [0.25, 0.3) is 0 Å². The Hall–Kier alpha value is -1.74. The van der Waals surface area contributed by atoms with Crippen molar-refractivity contribution in [1.82, 2.24) is 0 Å². The summed E-state index contributed by atoms with van der Waals surface area (Å²) in [7, 11) is -0.0139. The van der Waals surface area contributed by atoms with E-state index in [4.69, 9.17) is 9.47 Å². The zero-order valence-corrected chi connectivity index (χ0v) is 15.2. The summed E-state index contributed by atoms with van der Waals surface area (Å²) >= 11 is 1.33. The molecule has 9 heteroatoms. The number of aliphatic imine (C=N–C) groups is 1. The van der Waals surface area contributed by atoms with Crippen LogP contribution in [0.15, 0.2) is 23.2 Å². The minimum atomic E-state index is -3.11. The van der Waals surface area contributed by atoms with Crippen molar-refractivity contribution in [3.63, 3.8) is 0 Å². The van der Waals surface area contributed by atoms with Crippen LogP contribution < -0.4 is 14.4 Å². The topological polar surface area (TPSA) is 85.3 Å². The number of anilines is 1. The molecule has 2 aliphatic heterocycles. The summed E-state index contributed by atoms with van der Waals surface area (Å²) < 4.78 is 34.7. The van der Waals surface area contributed by atoms with Crippen LogP contribution >= 0.6 is 11.8 Å². The van der Waals surface area contributed by atoms with Crippen molar-refractivity contribution in [2.24, 2.45) is 4.99 Å². The van der Waals surface area contributed by atoms with Crippen LogP contribution in [-0.2, 0) is 14.6 Å².